The van der Waals surface area contributed by atoms with Gasteiger partial charge in [0.05, 0.1) is 24.4 Å². The van der Waals surface area contributed by atoms with E-state index in [4.69, 9.17) is 4.74 Å². The van der Waals surface area contributed by atoms with Crippen molar-refractivity contribution in [2.24, 2.45) is 0 Å². The molecule has 1 aromatic heterocycles. The number of carbonyl (C=O) groups is 1. The number of hydrogen-bond donors (Lipinski definition) is 1. The Balaban J connectivity index is 1.83. The highest BCUT2D eigenvalue weighted by Gasteiger charge is 2.28. The van der Waals surface area contributed by atoms with Crippen LogP contribution in [0.15, 0.2) is 6.20 Å². The maximum atomic E-state index is 11.9. The van der Waals surface area contributed by atoms with Gasteiger partial charge in [-0.3, -0.25) is 4.79 Å². The maximum absolute atomic E-state index is 11.9. The minimum absolute atomic E-state index is 0.0843. The first-order valence-electron chi connectivity index (χ1n) is 6.86. The number of aromatic nitrogens is 3. The lowest BCUT2D eigenvalue weighted by atomic mass is 9.95. The number of ether oxygens (including phenoxy) is 1. The first-order valence-corrected chi connectivity index (χ1v) is 6.86. The number of carbonyl (C=O) groups excluding carboxylic acids is 1. The molecule has 1 aliphatic heterocycles. The topological polar surface area (TPSA) is 69.0 Å². The third-order valence-electron chi connectivity index (χ3n) is 3.33. The highest BCUT2D eigenvalue weighted by atomic mass is 16.5. The zero-order chi connectivity index (χ0) is 13.9. The average molecular weight is 266 g/mol. The summed E-state index contributed by atoms with van der Waals surface area (Å²) in [4.78, 5) is 13.4. The summed E-state index contributed by atoms with van der Waals surface area (Å²) in [5.41, 5.74) is 0.274. The maximum Gasteiger partial charge on any atom is 0.273 e. The normalized spacial score (nSPS) is 22.2. The van der Waals surface area contributed by atoms with Crippen LogP contribution in [-0.2, 0) is 11.3 Å². The number of rotatable bonds is 4. The van der Waals surface area contributed by atoms with E-state index in [9.17, 15) is 4.79 Å². The zero-order valence-corrected chi connectivity index (χ0v) is 11.8. The van der Waals surface area contributed by atoms with E-state index < -0.39 is 0 Å². The number of nitrogens with zero attached hydrogens (tertiary/aromatic N) is 3. The summed E-state index contributed by atoms with van der Waals surface area (Å²) in [6, 6.07) is 0. The van der Waals surface area contributed by atoms with Gasteiger partial charge in [0.15, 0.2) is 5.69 Å². The predicted octanol–water partition coefficient (Wildman–Crippen LogP) is 1.38. The van der Waals surface area contributed by atoms with E-state index in [1.165, 1.54) is 11.0 Å². The molecule has 0 spiro atoms. The van der Waals surface area contributed by atoms with E-state index in [1.807, 2.05) is 6.92 Å². The van der Waals surface area contributed by atoms with Crippen molar-refractivity contribution in [2.45, 2.75) is 58.3 Å². The fourth-order valence-corrected chi connectivity index (χ4v) is 2.32. The lowest BCUT2D eigenvalue weighted by molar-refractivity contribution is -0.104. The molecule has 106 valence electrons. The molecule has 0 aliphatic carbocycles. The van der Waals surface area contributed by atoms with Gasteiger partial charge in [0.2, 0.25) is 0 Å². The molecule has 19 heavy (non-hydrogen) atoms. The van der Waals surface area contributed by atoms with E-state index in [-0.39, 0.29) is 17.6 Å². The van der Waals surface area contributed by atoms with Crippen molar-refractivity contribution in [3.05, 3.63) is 11.9 Å². The molecule has 1 atom stereocenters. The van der Waals surface area contributed by atoms with Gasteiger partial charge in [-0.25, -0.2) is 0 Å². The van der Waals surface area contributed by atoms with Crippen molar-refractivity contribution in [3.63, 3.8) is 0 Å². The third-order valence-corrected chi connectivity index (χ3v) is 3.33. The van der Waals surface area contributed by atoms with Crippen LogP contribution >= 0.6 is 0 Å². The molecule has 1 fully saturated rings. The molecule has 2 rings (SSSR count). The van der Waals surface area contributed by atoms with Crippen LogP contribution in [0.3, 0.4) is 0 Å². The molecule has 6 heteroatoms. The van der Waals surface area contributed by atoms with Gasteiger partial charge in [0.25, 0.3) is 5.91 Å². The molecular weight excluding hydrogens is 244 g/mol. The van der Waals surface area contributed by atoms with E-state index in [1.54, 1.807) is 0 Å². The SMILES string of the molecule is CCn1ncc(C(=O)NCC2CCCC(C)(C)O2)n1. The Morgan fingerprint density at radius 3 is 3.05 bits per heavy atom. The Kier molecular flexibility index (Phi) is 4.19. The molecule has 1 N–H and O–H groups in total. The lowest BCUT2D eigenvalue weighted by Gasteiger charge is -2.36. The summed E-state index contributed by atoms with van der Waals surface area (Å²) in [7, 11) is 0. The monoisotopic (exact) mass is 266 g/mol. The van der Waals surface area contributed by atoms with Gasteiger partial charge in [0.1, 0.15) is 0 Å². The van der Waals surface area contributed by atoms with Crippen LogP contribution < -0.4 is 5.32 Å². The van der Waals surface area contributed by atoms with E-state index >= 15 is 0 Å². The van der Waals surface area contributed by atoms with E-state index in [0.717, 1.165) is 19.3 Å². The smallest absolute Gasteiger partial charge is 0.273 e. The quantitative estimate of drug-likeness (QED) is 0.893. The van der Waals surface area contributed by atoms with Crippen molar-refractivity contribution < 1.29 is 9.53 Å². The van der Waals surface area contributed by atoms with Crippen LogP contribution in [0.5, 0.6) is 0 Å². The molecule has 2 heterocycles. The number of aryl methyl sites for hydroxylation is 1. The van der Waals surface area contributed by atoms with Crippen LogP contribution in [0.1, 0.15) is 50.5 Å². The van der Waals surface area contributed by atoms with Crippen LogP contribution in [0.4, 0.5) is 0 Å². The Hall–Kier alpha value is -1.43. The van der Waals surface area contributed by atoms with Crippen molar-refractivity contribution >= 4 is 5.91 Å². The number of nitrogens with one attached hydrogen (secondary N) is 1. The van der Waals surface area contributed by atoms with Crippen molar-refractivity contribution in [3.8, 4) is 0 Å². The molecule has 0 saturated carbocycles. The summed E-state index contributed by atoms with van der Waals surface area (Å²) < 4.78 is 5.93. The summed E-state index contributed by atoms with van der Waals surface area (Å²) in [6.07, 6.45) is 4.78. The fraction of sp³-hybridized carbons (Fsp3) is 0.769. The summed E-state index contributed by atoms with van der Waals surface area (Å²) in [5, 5.41) is 10.9. The van der Waals surface area contributed by atoms with Gasteiger partial charge in [-0.15, -0.1) is 5.10 Å². The Labute approximate surface area is 113 Å². The number of amides is 1. The molecule has 1 aromatic rings. The second-order valence-corrected chi connectivity index (χ2v) is 5.52. The van der Waals surface area contributed by atoms with Crippen LogP contribution in [0.2, 0.25) is 0 Å². The third kappa shape index (κ3) is 3.76. The molecule has 1 unspecified atom stereocenters. The van der Waals surface area contributed by atoms with Gasteiger partial charge in [0, 0.05) is 6.54 Å². The molecule has 0 radical (unpaired) electrons. The van der Waals surface area contributed by atoms with Gasteiger partial charge in [-0.2, -0.15) is 9.90 Å². The second-order valence-electron chi connectivity index (χ2n) is 5.52. The second kappa shape index (κ2) is 5.69. The summed E-state index contributed by atoms with van der Waals surface area (Å²) in [6.45, 7) is 7.30. The van der Waals surface area contributed by atoms with Gasteiger partial charge in [-0.05, 0) is 40.0 Å². The zero-order valence-electron chi connectivity index (χ0n) is 11.8. The van der Waals surface area contributed by atoms with Gasteiger partial charge in [-0.1, -0.05) is 0 Å². The Bertz CT molecular complexity index is 442. The molecule has 0 aromatic carbocycles. The molecule has 1 amide bonds. The first-order chi connectivity index (χ1) is 9.00. The molecule has 1 saturated heterocycles. The molecular formula is C13H22N4O2. The largest absolute Gasteiger partial charge is 0.371 e. The first kappa shape index (κ1) is 14.0. The molecule has 0 bridgehead atoms. The highest BCUT2D eigenvalue weighted by molar-refractivity contribution is 5.91. The Morgan fingerprint density at radius 1 is 1.63 bits per heavy atom. The average Bonchev–Trinajstić information content (AvgIpc) is 2.83. The lowest BCUT2D eigenvalue weighted by Crippen LogP contribution is -2.42. The minimum Gasteiger partial charge on any atom is -0.371 e. The summed E-state index contributed by atoms with van der Waals surface area (Å²) in [5.74, 6) is -0.188. The van der Waals surface area contributed by atoms with Crippen LogP contribution in [0.25, 0.3) is 0 Å². The van der Waals surface area contributed by atoms with E-state index in [2.05, 4.69) is 29.4 Å². The molecule has 1 aliphatic rings. The van der Waals surface area contributed by atoms with Gasteiger partial charge < -0.3 is 10.1 Å². The Morgan fingerprint density at radius 2 is 2.42 bits per heavy atom. The fourth-order valence-electron chi connectivity index (χ4n) is 2.32. The molecule has 6 nitrogen and oxygen atoms in total. The number of hydrogen-bond acceptors (Lipinski definition) is 4. The van der Waals surface area contributed by atoms with Crippen molar-refractivity contribution in [1.29, 1.82) is 0 Å². The predicted molar refractivity (Wildman–Crippen MR) is 70.8 cm³/mol. The highest BCUT2D eigenvalue weighted by Crippen LogP contribution is 2.27. The van der Waals surface area contributed by atoms with Crippen LogP contribution in [-0.4, -0.2) is 39.2 Å². The standard InChI is InChI=1S/C13H22N4O2/c1-4-17-15-9-11(16-17)12(18)14-8-10-6-5-7-13(2,3)19-10/h9-10H,4-8H2,1-3H3,(H,14,18). The van der Waals surface area contributed by atoms with Crippen molar-refractivity contribution in [1.82, 2.24) is 20.3 Å². The minimum atomic E-state index is -0.188. The van der Waals surface area contributed by atoms with E-state index in [0.29, 0.717) is 18.8 Å². The summed E-state index contributed by atoms with van der Waals surface area (Å²) >= 11 is 0. The van der Waals surface area contributed by atoms with Crippen molar-refractivity contribution in [2.75, 3.05) is 6.54 Å². The van der Waals surface area contributed by atoms with Gasteiger partial charge >= 0.3 is 0 Å². The van der Waals surface area contributed by atoms with Crippen LogP contribution in [0, 0.1) is 0 Å².